The van der Waals surface area contributed by atoms with Gasteiger partial charge in [0, 0.05) is 40.3 Å². The van der Waals surface area contributed by atoms with Crippen LogP contribution in [0.25, 0.3) is 0 Å². The van der Waals surface area contributed by atoms with Crippen molar-refractivity contribution < 1.29 is 9.84 Å². The van der Waals surface area contributed by atoms with Gasteiger partial charge in [-0.1, -0.05) is 26.7 Å². The summed E-state index contributed by atoms with van der Waals surface area (Å²) < 4.78 is 6.73. The molecule has 2 aromatic carbocycles. The zero-order chi connectivity index (χ0) is 25.8. The summed E-state index contributed by atoms with van der Waals surface area (Å²) in [6.45, 7) is 13.8. The van der Waals surface area contributed by atoms with Gasteiger partial charge in [-0.2, -0.15) is 0 Å². The number of aromatic hydroxyl groups is 1. The van der Waals surface area contributed by atoms with Crippen LogP contribution in [0.4, 0.5) is 0 Å². The molecule has 2 nitrogen and oxygen atoms in total. The molecule has 2 aliphatic rings. The van der Waals surface area contributed by atoms with E-state index in [0.717, 1.165) is 78.1 Å². The first kappa shape index (κ1) is 27.8. The van der Waals surface area contributed by atoms with Gasteiger partial charge in [-0.3, -0.25) is 0 Å². The molecule has 2 fully saturated rings. The second-order valence-electron chi connectivity index (χ2n) is 11.1. The van der Waals surface area contributed by atoms with Crippen molar-refractivity contribution in [3.63, 3.8) is 0 Å². The Morgan fingerprint density at radius 3 is 1.92 bits per heavy atom. The number of hydrogen-bond donors (Lipinski definition) is 1. The molecule has 4 unspecified atom stereocenters. The Morgan fingerprint density at radius 2 is 1.39 bits per heavy atom. The van der Waals surface area contributed by atoms with Crippen molar-refractivity contribution in [3.05, 3.63) is 46.5 Å². The van der Waals surface area contributed by atoms with E-state index in [1.807, 2.05) is 0 Å². The van der Waals surface area contributed by atoms with Crippen molar-refractivity contribution in [2.75, 3.05) is 11.5 Å². The van der Waals surface area contributed by atoms with Gasteiger partial charge in [0.1, 0.15) is 33.9 Å². The standard InChI is InChI=1S/C32H47O2S2/c1-7-9-11-26-19-29(20-27(31(26)33)12-10-8-2)35-16-15-28(21-35)34-32-22(3)17-30(18-23(32)4)36-24(5)13-14-25(36)6/h17-20,24-25,28H,7-16,21H2,1-6H3/q+1/p+1. The molecule has 4 atom stereocenters. The highest BCUT2D eigenvalue weighted by atomic mass is 32.2. The van der Waals surface area contributed by atoms with E-state index in [4.69, 9.17) is 4.74 Å². The lowest BCUT2D eigenvalue weighted by Gasteiger charge is -2.18. The molecule has 2 saturated heterocycles. The SMILES string of the molecule is CCCCc1cc([S+]2CCC(Oc3c(C)cc([S+]4C(C)CCC4C)cc3C)C2)cc(CCCC)c1O. The van der Waals surface area contributed by atoms with Gasteiger partial charge < -0.3 is 9.84 Å². The molecule has 0 bridgehead atoms. The van der Waals surface area contributed by atoms with Crippen molar-refractivity contribution in [1.29, 1.82) is 0 Å². The predicted molar refractivity (Wildman–Crippen MR) is 159 cm³/mol. The lowest BCUT2D eigenvalue weighted by Crippen LogP contribution is -2.21. The van der Waals surface area contributed by atoms with Gasteiger partial charge in [-0.05, 0) is 101 Å². The van der Waals surface area contributed by atoms with Crippen LogP contribution in [0.3, 0.4) is 0 Å². The van der Waals surface area contributed by atoms with E-state index in [0.29, 0.717) is 16.6 Å². The molecule has 0 amide bonds. The molecule has 0 aliphatic carbocycles. The molecule has 0 spiro atoms. The molecule has 36 heavy (non-hydrogen) atoms. The van der Waals surface area contributed by atoms with Crippen LogP contribution in [-0.2, 0) is 34.6 Å². The third kappa shape index (κ3) is 6.23. The van der Waals surface area contributed by atoms with Crippen molar-refractivity contribution in [2.24, 2.45) is 0 Å². The number of aryl methyl sites for hydroxylation is 4. The lowest BCUT2D eigenvalue weighted by molar-refractivity contribution is 0.226. The van der Waals surface area contributed by atoms with Gasteiger partial charge in [-0.25, -0.2) is 0 Å². The van der Waals surface area contributed by atoms with Crippen molar-refractivity contribution in [2.45, 2.75) is 126 Å². The van der Waals surface area contributed by atoms with Crippen LogP contribution in [0.15, 0.2) is 34.1 Å². The fourth-order valence-corrected chi connectivity index (χ4v) is 11.5. The molecule has 4 heteroatoms. The van der Waals surface area contributed by atoms with Crippen LogP contribution < -0.4 is 4.74 Å². The Bertz CT molecular complexity index is 971. The average molecular weight is 529 g/mol. The Labute approximate surface area is 226 Å². The van der Waals surface area contributed by atoms with Crippen LogP contribution in [0.2, 0.25) is 0 Å². The third-order valence-corrected chi connectivity index (χ3v) is 13.5. The summed E-state index contributed by atoms with van der Waals surface area (Å²) in [7, 11) is 0.572. The van der Waals surface area contributed by atoms with Crippen LogP contribution in [0, 0.1) is 13.8 Å². The molecule has 0 radical (unpaired) electrons. The Morgan fingerprint density at radius 1 is 0.833 bits per heavy atom. The minimum absolute atomic E-state index is 0.202. The van der Waals surface area contributed by atoms with E-state index in [1.165, 1.54) is 34.6 Å². The van der Waals surface area contributed by atoms with Crippen LogP contribution in [-0.4, -0.2) is 33.2 Å². The van der Waals surface area contributed by atoms with Crippen molar-refractivity contribution >= 4 is 21.8 Å². The van der Waals surface area contributed by atoms with E-state index in [9.17, 15) is 5.11 Å². The summed E-state index contributed by atoms with van der Waals surface area (Å²) in [6.07, 6.45) is 10.7. The first-order valence-electron chi connectivity index (χ1n) is 14.3. The van der Waals surface area contributed by atoms with Gasteiger partial charge in [0.2, 0.25) is 0 Å². The summed E-state index contributed by atoms with van der Waals surface area (Å²) in [5.74, 6) is 3.99. The molecule has 2 heterocycles. The summed E-state index contributed by atoms with van der Waals surface area (Å²) in [4.78, 5) is 3.00. The predicted octanol–water partition coefficient (Wildman–Crippen LogP) is 8.07. The fraction of sp³-hybridized carbons (Fsp3) is 0.625. The number of ether oxygens (including phenoxy) is 1. The number of benzene rings is 2. The van der Waals surface area contributed by atoms with Crippen LogP contribution in [0.5, 0.6) is 11.5 Å². The number of unbranched alkanes of at least 4 members (excludes halogenated alkanes) is 2. The third-order valence-electron chi connectivity index (χ3n) is 8.08. The Kier molecular flexibility index (Phi) is 9.66. The fourth-order valence-electron chi connectivity index (χ4n) is 5.97. The van der Waals surface area contributed by atoms with E-state index in [-0.39, 0.29) is 17.0 Å². The minimum Gasteiger partial charge on any atom is -0.507 e. The van der Waals surface area contributed by atoms with Crippen LogP contribution in [0.1, 0.15) is 94.9 Å². The van der Waals surface area contributed by atoms with Gasteiger partial charge in [-0.15, -0.1) is 0 Å². The highest BCUT2D eigenvalue weighted by Gasteiger charge is 2.42. The van der Waals surface area contributed by atoms with E-state index >= 15 is 0 Å². The summed E-state index contributed by atoms with van der Waals surface area (Å²) >= 11 is 0. The molecule has 4 rings (SSSR count). The maximum Gasteiger partial charge on any atom is 0.156 e. The molecule has 2 aromatic rings. The van der Waals surface area contributed by atoms with E-state index < -0.39 is 0 Å². The number of phenolic OH excluding ortho intramolecular Hbond substituents is 1. The average Bonchev–Trinajstić information content (AvgIpc) is 3.45. The maximum absolute atomic E-state index is 10.9. The minimum atomic E-state index is 0.202. The normalized spacial score (nSPS) is 26.0. The highest BCUT2D eigenvalue weighted by Crippen LogP contribution is 2.39. The van der Waals surface area contributed by atoms with E-state index in [2.05, 4.69) is 65.8 Å². The summed E-state index contributed by atoms with van der Waals surface area (Å²) in [5.41, 5.74) is 4.94. The first-order chi connectivity index (χ1) is 17.3. The second-order valence-corrected chi connectivity index (χ2v) is 16.2. The lowest BCUT2D eigenvalue weighted by atomic mass is 10.0. The van der Waals surface area contributed by atoms with Crippen molar-refractivity contribution in [1.82, 2.24) is 0 Å². The molecule has 1 N–H and O–H groups in total. The highest BCUT2D eigenvalue weighted by molar-refractivity contribution is 7.98. The zero-order valence-corrected chi connectivity index (χ0v) is 25.1. The molecule has 198 valence electrons. The molecular weight excluding hydrogens is 480 g/mol. The molecule has 0 aromatic heterocycles. The quantitative estimate of drug-likeness (QED) is 0.316. The number of hydrogen-bond acceptors (Lipinski definition) is 2. The van der Waals surface area contributed by atoms with Gasteiger partial charge in [0.05, 0.1) is 0 Å². The van der Waals surface area contributed by atoms with Crippen LogP contribution >= 0.6 is 0 Å². The molecule has 0 saturated carbocycles. The van der Waals surface area contributed by atoms with Gasteiger partial charge >= 0.3 is 0 Å². The summed E-state index contributed by atoms with van der Waals surface area (Å²) in [5, 5.41) is 12.5. The largest absolute Gasteiger partial charge is 0.507 e. The van der Waals surface area contributed by atoms with Gasteiger partial charge in [0.15, 0.2) is 15.5 Å². The Hall–Kier alpha value is -1.26. The van der Waals surface area contributed by atoms with E-state index in [1.54, 1.807) is 4.90 Å². The number of rotatable bonds is 10. The monoisotopic (exact) mass is 528 g/mol. The smallest absolute Gasteiger partial charge is 0.156 e. The maximum atomic E-state index is 10.9. The zero-order valence-electron chi connectivity index (χ0n) is 23.5. The topological polar surface area (TPSA) is 29.5 Å². The van der Waals surface area contributed by atoms with Crippen molar-refractivity contribution in [3.8, 4) is 11.5 Å². The summed E-state index contributed by atoms with van der Waals surface area (Å²) in [6, 6.07) is 9.50. The molecular formula is C32H48O2S2+2. The van der Waals surface area contributed by atoms with Gasteiger partial charge in [0.25, 0.3) is 0 Å². The second kappa shape index (κ2) is 12.5. The Balaban J connectivity index is 1.49. The molecule has 2 aliphatic heterocycles. The first-order valence-corrected chi connectivity index (χ1v) is 17.3. The number of phenols is 1.